The van der Waals surface area contributed by atoms with Crippen LogP contribution in [0, 0.1) is 0 Å². The molecule has 3 nitrogen and oxygen atoms in total. The number of allylic oxidation sites excluding steroid dienone is 1. The van der Waals surface area contributed by atoms with Gasteiger partial charge in [0.2, 0.25) is 0 Å². The van der Waals surface area contributed by atoms with Gasteiger partial charge in [0.1, 0.15) is 0 Å². The lowest BCUT2D eigenvalue weighted by atomic mass is 10.6. The lowest BCUT2D eigenvalue weighted by Gasteiger charge is -1.85. The van der Waals surface area contributed by atoms with Crippen molar-refractivity contribution in [2.75, 3.05) is 13.1 Å². The molecular formula is C5H7N3+. The van der Waals surface area contributed by atoms with Crippen LogP contribution in [0.4, 0.5) is 0 Å². The molecule has 2 heterocycles. The molecule has 2 rings (SSSR count). The number of nitrogens with zero attached hydrogens (tertiary/aromatic N) is 2. The lowest BCUT2D eigenvalue weighted by molar-refractivity contribution is 0.598. The van der Waals surface area contributed by atoms with Crippen molar-refractivity contribution in [3.05, 3.63) is 11.9 Å². The van der Waals surface area contributed by atoms with Crippen LogP contribution in [0.15, 0.2) is 17.0 Å². The Hall–Kier alpha value is -0.830. The van der Waals surface area contributed by atoms with E-state index in [4.69, 9.17) is 0 Å². The van der Waals surface area contributed by atoms with Gasteiger partial charge in [0, 0.05) is 11.1 Å². The first-order chi connectivity index (χ1) is 3.97. The first-order valence-corrected chi connectivity index (χ1v) is 2.72. The minimum absolute atomic E-state index is 1.02. The Morgan fingerprint density at radius 3 is 3.62 bits per heavy atom. The van der Waals surface area contributed by atoms with Crippen LogP contribution in [0.5, 0.6) is 0 Å². The third-order valence-corrected chi connectivity index (χ3v) is 1.35. The smallest absolute Gasteiger partial charge is 0.282 e. The molecule has 0 bridgehead atoms. The van der Waals surface area contributed by atoms with Crippen LogP contribution in [-0.4, -0.2) is 19.3 Å². The Bertz CT molecular complexity index is 159. The normalized spacial score (nSPS) is 25.2. The molecule has 2 aliphatic rings. The van der Waals surface area contributed by atoms with Crippen LogP contribution in [-0.2, 0) is 0 Å². The fraction of sp³-hybridized carbons (Fsp3) is 0.400. The molecule has 0 aromatic heterocycles. The summed E-state index contributed by atoms with van der Waals surface area (Å²) in [5, 5.41) is 9.19. The van der Waals surface area contributed by atoms with Gasteiger partial charge in [-0.25, -0.2) is 0 Å². The Kier molecular flexibility index (Phi) is 0.676. The number of hydrazone groups is 1. The molecular weight excluding hydrogens is 102 g/mol. The molecule has 3 heteroatoms. The van der Waals surface area contributed by atoms with E-state index < -0.39 is 0 Å². The van der Waals surface area contributed by atoms with Crippen LogP contribution >= 0.6 is 0 Å². The summed E-state index contributed by atoms with van der Waals surface area (Å²) in [5.41, 5.74) is 0. The fourth-order valence-electron chi connectivity index (χ4n) is 0.951. The summed E-state index contributed by atoms with van der Waals surface area (Å²) in [6.45, 7) is 2.05. The number of rotatable bonds is 0. The summed E-state index contributed by atoms with van der Waals surface area (Å²) >= 11 is 0. The van der Waals surface area contributed by atoms with Crippen LogP contribution in [0.1, 0.15) is 0 Å². The lowest BCUT2D eigenvalue weighted by Crippen LogP contribution is -2.15. The molecule has 2 aliphatic heterocycles. The first kappa shape index (κ1) is 4.09. The van der Waals surface area contributed by atoms with Crippen LogP contribution in [0.3, 0.4) is 0 Å². The molecule has 0 spiro atoms. The van der Waals surface area contributed by atoms with E-state index >= 15 is 0 Å². The number of fused-ring (bicyclic) bond motifs is 1. The standard InChI is InChI=1S/C5H7N3/c1-2-7-8-4-3-6-5(1)8/h1-2,6H,3-4H2/q+1. The number of hydrogen-bond acceptors (Lipinski definition) is 3. The van der Waals surface area contributed by atoms with E-state index in [1.807, 2.05) is 17.3 Å². The minimum Gasteiger partial charge on any atom is -0.329 e. The van der Waals surface area contributed by atoms with Crippen LogP contribution in [0.2, 0.25) is 0 Å². The van der Waals surface area contributed by atoms with Gasteiger partial charge in [0.15, 0.2) is 6.54 Å². The molecule has 0 saturated carbocycles. The van der Waals surface area contributed by atoms with Crippen molar-refractivity contribution in [2.45, 2.75) is 0 Å². The molecule has 41 valence electrons. The average Bonchev–Trinajstić information content (AvgIpc) is 2.15. The molecule has 1 saturated heterocycles. The Balaban J connectivity index is 2.29. The maximum Gasteiger partial charge on any atom is 0.282 e. The van der Waals surface area contributed by atoms with Crippen molar-refractivity contribution in [2.24, 2.45) is 5.10 Å². The van der Waals surface area contributed by atoms with Gasteiger partial charge < -0.3 is 5.32 Å². The van der Waals surface area contributed by atoms with Gasteiger partial charge in [-0.3, -0.25) is 0 Å². The second kappa shape index (κ2) is 1.32. The average molecular weight is 109 g/mol. The highest BCUT2D eigenvalue weighted by molar-refractivity contribution is 5.74. The summed E-state index contributed by atoms with van der Waals surface area (Å²) in [6, 6.07) is 0. The quantitative estimate of drug-likeness (QED) is 0.420. The van der Waals surface area contributed by atoms with Gasteiger partial charge in [-0.1, -0.05) is 0 Å². The van der Waals surface area contributed by atoms with Gasteiger partial charge in [0.05, 0.1) is 12.8 Å². The number of nitrogens with one attached hydrogen (secondary N) is 1. The highest BCUT2D eigenvalue weighted by Crippen LogP contribution is 2.06. The molecule has 1 N–H and O–H groups in total. The molecule has 0 aromatic rings. The minimum atomic E-state index is 1.02. The monoisotopic (exact) mass is 109 g/mol. The summed E-state index contributed by atoms with van der Waals surface area (Å²) in [5.74, 6) is 1.14. The van der Waals surface area contributed by atoms with E-state index in [2.05, 4.69) is 10.4 Å². The maximum absolute atomic E-state index is 4.05. The summed E-state index contributed by atoms with van der Waals surface area (Å²) < 4.78 is 0. The summed E-state index contributed by atoms with van der Waals surface area (Å²) in [6.07, 6.45) is 3.79. The van der Waals surface area contributed by atoms with Gasteiger partial charge in [0.25, 0.3) is 5.82 Å². The predicted octanol–water partition coefficient (Wildman–Crippen LogP) is -0.429. The predicted molar refractivity (Wildman–Crippen MR) is 31.6 cm³/mol. The van der Waals surface area contributed by atoms with Gasteiger partial charge >= 0.3 is 0 Å². The molecule has 0 unspecified atom stereocenters. The van der Waals surface area contributed by atoms with Gasteiger partial charge in [-0.2, -0.15) is 0 Å². The summed E-state index contributed by atoms with van der Waals surface area (Å²) in [7, 11) is 0. The van der Waals surface area contributed by atoms with E-state index in [9.17, 15) is 0 Å². The van der Waals surface area contributed by atoms with E-state index in [0.717, 1.165) is 18.9 Å². The molecule has 0 aliphatic carbocycles. The third kappa shape index (κ3) is 0.391. The van der Waals surface area contributed by atoms with Crippen LogP contribution < -0.4 is 10.3 Å². The zero-order valence-electron chi connectivity index (χ0n) is 4.46. The number of hydrogen-bond donors (Lipinski definition) is 1. The van der Waals surface area contributed by atoms with Crippen molar-refractivity contribution in [1.82, 2.24) is 10.3 Å². The Morgan fingerprint density at radius 1 is 1.75 bits per heavy atom. The van der Waals surface area contributed by atoms with E-state index in [1.165, 1.54) is 0 Å². The molecule has 1 radical (unpaired) electrons. The fourth-order valence-corrected chi connectivity index (χ4v) is 0.951. The van der Waals surface area contributed by atoms with E-state index in [1.54, 1.807) is 0 Å². The SMILES string of the molecule is C1=N[N+]2CCNC2=C1. The molecule has 0 atom stereocenters. The zero-order valence-corrected chi connectivity index (χ0v) is 4.46. The third-order valence-electron chi connectivity index (χ3n) is 1.35. The molecule has 0 aromatic carbocycles. The van der Waals surface area contributed by atoms with E-state index in [0.29, 0.717) is 0 Å². The van der Waals surface area contributed by atoms with Crippen molar-refractivity contribution in [3.8, 4) is 0 Å². The van der Waals surface area contributed by atoms with Gasteiger partial charge in [-0.15, -0.1) is 0 Å². The first-order valence-electron chi connectivity index (χ1n) is 2.72. The largest absolute Gasteiger partial charge is 0.329 e. The van der Waals surface area contributed by atoms with Gasteiger partial charge in [-0.05, 0) is 5.10 Å². The Morgan fingerprint density at radius 2 is 2.75 bits per heavy atom. The Labute approximate surface area is 47.7 Å². The van der Waals surface area contributed by atoms with Crippen molar-refractivity contribution in [3.63, 3.8) is 0 Å². The molecule has 1 fully saturated rings. The zero-order chi connectivity index (χ0) is 5.40. The topological polar surface area (TPSA) is 30.3 Å². The molecule has 8 heavy (non-hydrogen) atoms. The molecule has 0 amide bonds. The second-order valence-corrected chi connectivity index (χ2v) is 1.87. The highest BCUT2D eigenvalue weighted by Gasteiger charge is 2.30. The second-order valence-electron chi connectivity index (χ2n) is 1.87. The maximum atomic E-state index is 4.05. The van der Waals surface area contributed by atoms with E-state index in [-0.39, 0.29) is 0 Å². The summed E-state index contributed by atoms with van der Waals surface area (Å²) in [4.78, 5) is 0. The highest BCUT2D eigenvalue weighted by atomic mass is 15.5. The van der Waals surface area contributed by atoms with Crippen molar-refractivity contribution in [1.29, 1.82) is 0 Å². The van der Waals surface area contributed by atoms with Crippen LogP contribution in [0.25, 0.3) is 0 Å². The van der Waals surface area contributed by atoms with Crippen molar-refractivity contribution < 1.29 is 0 Å². The van der Waals surface area contributed by atoms with Crippen molar-refractivity contribution >= 4 is 6.21 Å².